The first-order valence-corrected chi connectivity index (χ1v) is 5.15. The number of rotatable bonds is 4. The largest absolute Gasteiger partial charge is 0.228 e. The zero-order valence-corrected chi connectivity index (χ0v) is 11.1. The second-order valence-electron chi connectivity index (χ2n) is 5.96. The zero-order chi connectivity index (χ0) is 12.3. The smallest absolute Gasteiger partial charge is 0.228 e. The molecule has 0 rings (SSSR count). The van der Waals surface area contributed by atoms with E-state index in [9.17, 15) is 0 Å². The van der Waals surface area contributed by atoms with Crippen molar-refractivity contribution in [3.05, 3.63) is 0 Å². The van der Waals surface area contributed by atoms with Crippen molar-refractivity contribution < 1.29 is 19.6 Å². The Bertz CT molecular complexity index is 166. The highest BCUT2D eigenvalue weighted by Crippen LogP contribution is 2.20. The van der Waals surface area contributed by atoms with Gasteiger partial charge in [-0.2, -0.15) is 9.78 Å². The molecule has 0 fully saturated rings. The van der Waals surface area contributed by atoms with Crippen molar-refractivity contribution in [1.29, 1.82) is 0 Å². The van der Waals surface area contributed by atoms with E-state index >= 15 is 0 Å². The molecule has 0 aromatic rings. The van der Waals surface area contributed by atoms with Crippen LogP contribution in [-0.4, -0.2) is 17.0 Å². The van der Waals surface area contributed by atoms with Crippen LogP contribution < -0.4 is 0 Å². The Labute approximate surface area is 92.7 Å². The molecule has 0 spiro atoms. The minimum absolute atomic E-state index is 0.373. The molecule has 0 N–H and O–H groups in total. The predicted molar refractivity (Wildman–Crippen MR) is 57.9 cm³/mol. The summed E-state index contributed by atoms with van der Waals surface area (Å²) in [6, 6.07) is 0. The molecule has 0 bridgehead atoms. The highest BCUT2D eigenvalue weighted by atomic mass is 17.3. The summed E-state index contributed by atoms with van der Waals surface area (Å²) >= 11 is 0. The average Bonchev–Trinajstić information content (AvgIpc) is 1.96. The maximum absolute atomic E-state index is 5.15. The molecule has 0 unspecified atom stereocenters. The molecule has 0 aliphatic rings. The summed E-state index contributed by atoms with van der Waals surface area (Å²) in [5, 5.41) is 0. The van der Waals surface area contributed by atoms with E-state index in [1.807, 2.05) is 41.5 Å². The van der Waals surface area contributed by atoms with Gasteiger partial charge in [-0.3, -0.25) is 0 Å². The quantitative estimate of drug-likeness (QED) is 0.414. The Morgan fingerprint density at radius 3 is 0.933 bits per heavy atom. The van der Waals surface area contributed by atoms with Gasteiger partial charge in [-0.1, -0.05) is 0 Å². The summed E-state index contributed by atoms with van der Waals surface area (Å²) in [5.41, 5.74) is -0.745. The fourth-order valence-electron chi connectivity index (χ4n) is 0.465. The molecule has 0 amide bonds. The first-order chi connectivity index (χ1) is 6.41. The second kappa shape index (κ2) is 4.78. The molecule has 0 saturated heterocycles. The Kier molecular flexibility index (Phi) is 4.73. The van der Waals surface area contributed by atoms with Crippen molar-refractivity contribution in [3.63, 3.8) is 0 Å². The highest BCUT2D eigenvalue weighted by molar-refractivity contribution is 4.58. The third kappa shape index (κ3) is 10.1. The second-order valence-corrected chi connectivity index (χ2v) is 5.96. The topological polar surface area (TPSA) is 36.9 Å². The highest BCUT2D eigenvalue weighted by Gasteiger charge is 2.28. The third-order valence-corrected chi connectivity index (χ3v) is 0.985. The molecule has 4 nitrogen and oxygen atoms in total. The van der Waals surface area contributed by atoms with E-state index in [1.165, 1.54) is 0 Å². The Morgan fingerprint density at radius 1 is 0.467 bits per heavy atom. The van der Waals surface area contributed by atoms with Crippen LogP contribution in [0.4, 0.5) is 0 Å². The zero-order valence-electron chi connectivity index (χ0n) is 11.1. The van der Waals surface area contributed by atoms with Crippen LogP contribution in [0.5, 0.6) is 0 Å². The number of hydrogen-bond donors (Lipinski definition) is 0. The van der Waals surface area contributed by atoms with Gasteiger partial charge in [-0.25, -0.2) is 9.78 Å². The predicted octanol–water partition coefficient (Wildman–Crippen LogP) is 3.22. The van der Waals surface area contributed by atoms with Gasteiger partial charge < -0.3 is 0 Å². The van der Waals surface area contributed by atoms with E-state index in [0.29, 0.717) is 0 Å². The van der Waals surface area contributed by atoms with Gasteiger partial charge in [0.15, 0.2) is 0 Å². The van der Waals surface area contributed by atoms with Gasteiger partial charge in [0.25, 0.3) is 0 Å². The monoisotopic (exact) mass is 220 g/mol. The average molecular weight is 220 g/mol. The van der Waals surface area contributed by atoms with Gasteiger partial charge in [0.05, 0.1) is 11.2 Å². The van der Waals surface area contributed by atoms with Gasteiger partial charge in [0.2, 0.25) is 5.79 Å². The Morgan fingerprint density at radius 2 is 0.733 bits per heavy atom. The summed E-state index contributed by atoms with van der Waals surface area (Å²) in [6.45, 7) is 14.8. The Balaban J connectivity index is 3.98. The maximum Gasteiger partial charge on any atom is 0.228 e. The minimum atomic E-state index is -0.930. The van der Waals surface area contributed by atoms with E-state index < -0.39 is 5.79 Å². The van der Waals surface area contributed by atoms with Gasteiger partial charge in [-0.05, 0) is 55.4 Å². The van der Waals surface area contributed by atoms with Crippen molar-refractivity contribution in [2.45, 2.75) is 72.4 Å². The van der Waals surface area contributed by atoms with E-state index in [4.69, 9.17) is 19.6 Å². The molecule has 0 heterocycles. The minimum Gasteiger partial charge on any atom is -0.228 e. The van der Waals surface area contributed by atoms with Gasteiger partial charge in [0.1, 0.15) is 0 Å². The fraction of sp³-hybridized carbons (Fsp3) is 1.00. The lowest BCUT2D eigenvalue weighted by Crippen LogP contribution is -2.36. The van der Waals surface area contributed by atoms with E-state index in [-0.39, 0.29) is 11.2 Å². The summed E-state index contributed by atoms with van der Waals surface area (Å²) in [6.07, 6.45) is 0. The third-order valence-electron chi connectivity index (χ3n) is 0.985. The van der Waals surface area contributed by atoms with E-state index in [0.717, 1.165) is 0 Å². The van der Waals surface area contributed by atoms with Gasteiger partial charge in [0, 0.05) is 0 Å². The molecule has 92 valence electrons. The molecular weight excluding hydrogens is 196 g/mol. The van der Waals surface area contributed by atoms with Crippen molar-refractivity contribution in [3.8, 4) is 0 Å². The SMILES string of the molecule is CC(C)(C)OOC(C)(C)OOC(C)(C)C. The van der Waals surface area contributed by atoms with E-state index in [2.05, 4.69) is 0 Å². The Hall–Kier alpha value is -0.160. The lowest BCUT2D eigenvalue weighted by Gasteiger charge is -2.29. The van der Waals surface area contributed by atoms with E-state index in [1.54, 1.807) is 13.8 Å². The first kappa shape index (κ1) is 14.8. The van der Waals surface area contributed by atoms with Gasteiger partial charge >= 0.3 is 0 Å². The summed E-state index contributed by atoms with van der Waals surface area (Å²) in [7, 11) is 0. The van der Waals surface area contributed by atoms with Crippen LogP contribution in [0.25, 0.3) is 0 Å². The van der Waals surface area contributed by atoms with Crippen LogP contribution in [0, 0.1) is 0 Å². The van der Waals surface area contributed by atoms with Crippen LogP contribution in [-0.2, 0) is 19.6 Å². The van der Waals surface area contributed by atoms with Crippen LogP contribution in [0.1, 0.15) is 55.4 Å². The van der Waals surface area contributed by atoms with Crippen LogP contribution >= 0.6 is 0 Å². The summed E-state index contributed by atoms with van der Waals surface area (Å²) in [5.74, 6) is -0.930. The summed E-state index contributed by atoms with van der Waals surface area (Å²) < 4.78 is 0. The normalized spacial score (nSPS) is 14.4. The standard InChI is InChI=1S/C11H24O4/c1-9(2,3)12-14-11(7,8)15-13-10(4,5)6/h1-8H3. The van der Waals surface area contributed by atoms with Crippen molar-refractivity contribution in [2.75, 3.05) is 0 Å². The molecule has 0 aliphatic carbocycles. The molecular formula is C11H24O4. The van der Waals surface area contributed by atoms with Crippen LogP contribution in [0.15, 0.2) is 0 Å². The van der Waals surface area contributed by atoms with Gasteiger partial charge in [-0.15, -0.1) is 0 Å². The fourth-order valence-corrected chi connectivity index (χ4v) is 0.465. The lowest BCUT2D eigenvalue weighted by atomic mass is 10.2. The van der Waals surface area contributed by atoms with Crippen molar-refractivity contribution >= 4 is 0 Å². The lowest BCUT2D eigenvalue weighted by molar-refractivity contribution is -0.531. The molecule has 15 heavy (non-hydrogen) atoms. The molecule has 0 atom stereocenters. The number of hydrogen-bond acceptors (Lipinski definition) is 4. The first-order valence-electron chi connectivity index (χ1n) is 5.15. The van der Waals surface area contributed by atoms with Crippen LogP contribution in [0.3, 0.4) is 0 Å². The summed E-state index contributed by atoms with van der Waals surface area (Å²) in [4.78, 5) is 20.6. The maximum atomic E-state index is 5.15. The van der Waals surface area contributed by atoms with Crippen molar-refractivity contribution in [2.24, 2.45) is 0 Å². The molecule has 0 aliphatic heterocycles. The molecule has 0 aromatic carbocycles. The molecule has 0 radical (unpaired) electrons. The van der Waals surface area contributed by atoms with Crippen LogP contribution in [0.2, 0.25) is 0 Å². The molecule has 4 heteroatoms. The van der Waals surface area contributed by atoms with Crippen molar-refractivity contribution in [1.82, 2.24) is 0 Å². The molecule has 0 aromatic heterocycles. The molecule has 0 saturated carbocycles.